The Morgan fingerprint density at radius 1 is 0.839 bits per heavy atom. The third-order valence-corrected chi connectivity index (χ3v) is 4.89. The third-order valence-electron chi connectivity index (χ3n) is 4.89. The van der Waals surface area contributed by atoms with Gasteiger partial charge in [-0.2, -0.15) is 0 Å². The number of ether oxygens (including phenoxy) is 1. The smallest absolute Gasteiger partial charge is 0.252 e. The molecule has 0 aromatic heterocycles. The monoisotopic (exact) mass is 411 g/mol. The lowest BCUT2D eigenvalue weighted by Gasteiger charge is -2.12. The summed E-state index contributed by atoms with van der Waals surface area (Å²) in [6.07, 6.45) is 0.116. The molecule has 5 heteroatoms. The van der Waals surface area contributed by atoms with Crippen molar-refractivity contribution in [1.29, 1.82) is 0 Å². The van der Waals surface area contributed by atoms with Crippen molar-refractivity contribution in [2.24, 2.45) is 0 Å². The summed E-state index contributed by atoms with van der Waals surface area (Å²) in [6.45, 7) is -0.0808. The zero-order chi connectivity index (χ0) is 21.6. The van der Waals surface area contributed by atoms with Crippen molar-refractivity contribution >= 4 is 22.5 Å². The van der Waals surface area contributed by atoms with Gasteiger partial charge in [-0.15, -0.1) is 0 Å². The van der Waals surface area contributed by atoms with Crippen LogP contribution in [0.1, 0.15) is 15.9 Å². The van der Waals surface area contributed by atoms with Gasteiger partial charge in [0.15, 0.2) is 5.78 Å². The van der Waals surface area contributed by atoms with E-state index in [9.17, 15) is 14.7 Å². The maximum atomic E-state index is 12.6. The van der Waals surface area contributed by atoms with Crippen molar-refractivity contribution in [3.8, 4) is 17.2 Å². The van der Waals surface area contributed by atoms with Crippen LogP contribution in [-0.2, 0) is 11.2 Å². The van der Waals surface area contributed by atoms with E-state index in [0.717, 1.165) is 10.8 Å². The highest BCUT2D eigenvalue weighted by Gasteiger charge is 2.13. The van der Waals surface area contributed by atoms with Crippen LogP contribution in [-0.4, -0.2) is 23.3 Å². The van der Waals surface area contributed by atoms with Crippen molar-refractivity contribution in [1.82, 2.24) is 5.32 Å². The molecule has 0 aliphatic carbocycles. The van der Waals surface area contributed by atoms with Crippen molar-refractivity contribution in [2.75, 3.05) is 6.54 Å². The summed E-state index contributed by atoms with van der Waals surface area (Å²) in [5.41, 5.74) is 1.24. The Kier molecular flexibility index (Phi) is 5.94. The molecule has 0 unspecified atom stereocenters. The van der Waals surface area contributed by atoms with Crippen LogP contribution in [0.4, 0.5) is 0 Å². The van der Waals surface area contributed by atoms with E-state index in [0.29, 0.717) is 22.6 Å². The number of carbonyl (C=O) groups excluding carboxylic acids is 2. The van der Waals surface area contributed by atoms with E-state index in [4.69, 9.17) is 4.74 Å². The second-order valence-corrected chi connectivity index (χ2v) is 7.13. The van der Waals surface area contributed by atoms with Crippen LogP contribution in [0, 0.1) is 0 Å². The molecule has 4 aromatic rings. The van der Waals surface area contributed by atoms with E-state index < -0.39 is 0 Å². The number of carbonyl (C=O) groups is 2. The molecule has 31 heavy (non-hydrogen) atoms. The molecule has 0 spiro atoms. The first kappa shape index (κ1) is 20.2. The van der Waals surface area contributed by atoms with Gasteiger partial charge < -0.3 is 15.2 Å². The fourth-order valence-electron chi connectivity index (χ4n) is 3.40. The predicted octanol–water partition coefficient (Wildman–Crippen LogP) is 4.88. The quantitative estimate of drug-likeness (QED) is 0.455. The number of phenols is 1. The van der Waals surface area contributed by atoms with Crippen LogP contribution in [0.2, 0.25) is 0 Å². The van der Waals surface area contributed by atoms with Crippen LogP contribution in [0.15, 0.2) is 91.0 Å². The Labute approximate surface area is 179 Å². The highest BCUT2D eigenvalue weighted by atomic mass is 16.5. The van der Waals surface area contributed by atoms with E-state index in [2.05, 4.69) is 5.32 Å². The van der Waals surface area contributed by atoms with Crippen LogP contribution >= 0.6 is 0 Å². The van der Waals surface area contributed by atoms with Crippen molar-refractivity contribution in [2.45, 2.75) is 6.42 Å². The van der Waals surface area contributed by atoms with Gasteiger partial charge in [-0.25, -0.2) is 0 Å². The van der Waals surface area contributed by atoms with Crippen molar-refractivity contribution < 1.29 is 19.4 Å². The molecule has 0 heterocycles. The SMILES string of the molecule is O=C(CNC(=O)c1cccc2ccccc12)Cc1ccccc1Oc1cccc(O)c1. The maximum Gasteiger partial charge on any atom is 0.252 e. The van der Waals surface area contributed by atoms with Crippen LogP contribution < -0.4 is 10.1 Å². The number of Topliss-reactive ketones (excluding diaryl/α,β-unsaturated/α-hetero) is 1. The summed E-state index contributed by atoms with van der Waals surface area (Å²) in [5, 5.41) is 14.2. The standard InChI is InChI=1S/C26H21NO4/c28-20-10-6-11-22(16-20)31-25-14-4-2-8-19(25)15-21(29)17-27-26(30)24-13-5-9-18-7-1-3-12-23(18)24/h1-14,16,28H,15,17H2,(H,27,30). The van der Waals surface area contributed by atoms with Crippen LogP contribution in [0.5, 0.6) is 17.2 Å². The van der Waals surface area contributed by atoms with Gasteiger partial charge in [0.05, 0.1) is 6.54 Å². The van der Waals surface area contributed by atoms with Gasteiger partial charge in [0.2, 0.25) is 0 Å². The predicted molar refractivity (Wildman–Crippen MR) is 120 cm³/mol. The lowest BCUT2D eigenvalue weighted by Crippen LogP contribution is -2.30. The van der Waals surface area contributed by atoms with E-state index in [1.54, 1.807) is 30.3 Å². The molecule has 0 fully saturated rings. The summed E-state index contributed by atoms with van der Waals surface area (Å²) >= 11 is 0. The molecular weight excluding hydrogens is 390 g/mol. The van der Waals surface area contributed by atoms with Gasteiger partial charge >= 0.3 is 0 Å². The summed E-state index contributed by atoms with van der Waals surface area (Å²) in [5.74, 6) is 0.684. The molecule has 0 aliphatic heterocycles. The van der Waals surface area contributed by atoms with Crippen molar-refractivity contribution in [3.05, 3.63) is 102 Å². The molecule has 1 amide bonds. The van der Waals surface area contributed by atoms with Crippen LogP contribution in [0.3, 0.4) is 0 Å². The number of hydrogen-bond donors (Lipinski definition) is 2. The Morgan fingerprint density at radius 3 is 2.45 bits per heavy atom. The van der Waals surface area contributed by atoms with Crippen molar-refractivity contribution in [3.63, 3.8) is 0 Å². The number of ketones is 1. The molecule has 0 atom stereocenters. The van der Waals surface area contributed by atoms with E-state index in [1.165, 1.54) is 6.07 Å². The second-order valence-electron chi connectivity index (χ2n) is 7.13. The molecule has 0 saturated heterocycles. The second kappa shape index (κ2) is 9.13. The van der Waals surface area contributed by atoms with E-state index >= 15 is 0 Å². The van der Waals surface area contributed by atoms with Gasteiger partial charge in [-0.1, -0.05) is 60.7 Å². The summed E-state index contributed by atoms with van der Waals surface area (Å²) in [7, 11) is 0. The first-order valence-electron chi connectivity index (χ1n) is 9.92. The van der Waals surface area contributed by atoms with E-state index in [1.807, 2.05) is 54.6 Å². The van der Waals surface area contributed by atoms with E-state index in [-0.39, 0.29) is 30.4 Å². The molecule has 0 saturated carbocycles. The summed E-state index contributed by atoms with van der Waals surface area (Å²) in [6, 6.07) is 26.8. The number of para-hydroxylation sites is 1. The molecule has 4 aromatic carbocycles. The van der Waals surface area contributed by atoms with Crippen LogP contribution in [0.25, 0.3) is 10.8 Å². The van der Waals surface area contributed by atoms with Gasteiger partial charge in [0.25, 0.3) is 5.91 Å². The number of phenolic OH excluding ortho intramolecular Hbond substituents is 1. The fraction of sp³-hybridized carbons (Fsp3) is 0.0769. The number of rotatable bonds is 7. The highest BCUT2D eigenvalue weighted by Crippen LogP contribution is 2.28. The Morgan fingerprint density at radius 2 is 1.58 bits per heavy atom. The Balaban J connectivity index is 1.42. The summed E-state index contributed by atoms with van der Waals surface area (Å²) in [4.78, 5) is 25.2. The number of aromatic hydroxyl groups is 1. The molecule has 0 aliphatic rings. The maximum absolute atomic E-state index is 12.6. The first-order valence-corrected chi connectivity index (χ1v) is 9.92. The number of nitrogens with one attached hydrogen (secondary N) is 1. The number of hydrogen-bond acceptors (Lipinski definition) is 4. The number of amides is 1. The lowest BCUT2D eigenvalue weighted by atomic mass is 10.0. The Bertz CT molecular complexity index is 1240. The van der Waals surface area contributed by atoms with Gasteiger partial charge in [-0.3, -0.25) is 9.59 Å². The Hall–Kier alpha value is -4.12. The topological polar surface area (TPSA) is 75.6 Å². The molecular formula is C26H21NO4. The molecule has 0 radical (unpaired) electrons. The highest BCUT2D eigenvalue weighted by molar-refractivity contribution is 6.07. The average Bonchev–Trinajstić information content (AvgIpc) is 2.78. The van der Waals surface area contributed by atoms with Gasteiger partial charge in [0, 0.05) is 23.6 Å². The minimum Gasteiger partial charge on any atom is -0.508 e. The molecule has 0 bridgehead atoms. The number of benzene rings is 4. The minimum absolute atomic E-state index is 0.0808. The van der Waals surface area contributed by atoms with Gasteiger partial charge in [-0.05, 0) is 35.0 Å². The number of fused-ring (bicyclic) bond motifs is 1. The zero-order valence-electron chi connectivity index (χ0n) is 16.7. The molecule has 2 N–H and O–H groups in total. The molecule has 4 rings (SSSR count). The lowest BCUT2D eigenvalue weighted by molar-refractivity contribution is -0.117. The zero-order valence-corrected chi connectivity index (χ0v) is 16.7. The third kappa shape index (κ3) is 4.90. The minimum atomic E-state index is -0.283. The largest absolute Gasteiger partial charge is 0.508 e. The molecule has 154 valence electrons. The normalized spacial score (nSPS) is 10.6. The fourth-order valence-corrected chi connectivity index (χ4v) is 3.40. The molecule has 5 nitrogen and oxygen atoms in total. The summed E-state index contributed by atoms with van der Waals surface area (Å²) < 4.78 is 5.83. The average molecular weight is 411 g/mol. The van der Waals surface area contributed by atoms with Gasteiger partial charge in [0.1, 0.15) is 17.2 Å². The first-order chi connectivity index (χ1) is 15.1.